The number of hydrogen-bond donors (Lipinski definition) is 0. The molecule has 0 spiro atoms. The van der Waals surface area contributed by atoms with Gasteiger partial charge in [-0.15, -0.1) is 20.4 Å². The van der Waals surface area contributed by atoms with E-state index in [4.69, 9.17) is 16.0 Å². The van der Waals surface area contributed by atoms with E-state index in [2.05, 4.69) is 25.6 Å². The second kappa shape index (κ2) is 6.64. The molecule has 0 aliphatic rings. The number of tetrazole rings is 1. The molecule has 0 amide bonds. The predicted octanol–water partition coefficient (Wildman–Crippen LogP) is 3.54. The molecule has 0 saturated heterocycles. The Hall–Kier alpha value is -3.13. The number of aromatic nitrogens is 6. The lowest BCUT2D eigenvalue weighted by atomic mass is 10.1. The molecule has 0 radical (unpaired) electrons. The van der Waals surface area contributed by atoms with E-state index in [0.717, 1.165) is 5.56 Å². The molecule has 9 heteroatoms. The number of hydrogen-bond acceptors (Lipinski definition) is 6. The minimum atomic E-state index is -0.276. The standard InChI is InChI=1S/C17H12ClFN6O/c1-10-8-12(4-7-14(10)19)16-21-24-25(23-16)9-15-20-22-17(26-15)11-2-5-13(18)6-3-11/h2-8H,9H2,1H3. The van der Waals surface area contributed by atoms with Gasteiger partial charge in [-0.1, -0.05) is 11.6 Å². The van der Waals surface area contributed by atoms with Gasteiger partial charge in [0.2, 0.25) is 17.6 Å². The molecule has 2 aromatic heterocycles. The van der Waals surface area contributed by atoms with Crippen LogP contribution in [0.4, 0.5) is 4.39 Å². The van der Waals surface area contributed by atoms with Crippen LogP contribution in [-0.2, 0) is 6.54 Å². The Morgan fingerprint density at radius 3 is 2.58 bits per heavy atom. The summed E-state index contributed by atoms with van der Waals surface area (Å²) in [6.45, 7) is 1.85. The van der Waals surface area contributed by atoms with Gasteiger partial charge < -0.3 is 4.42 Å². The minimum absolute atomic E-state index is 0.174. The Kier molecular flexibility index (Phi) is 4.18. The van der Waals surface area contributed by atoms with Gasteiger partial charge in [0.25, 0.3) is 0 Å². The van der Waals surface area contributed by atoms with Crippen molar-refractivity contribution in [3.8, 4) is 22.8 Å². The minimum Gasteiger partial charge on any atom is -0.419 e. The zero-order valence-electron chi connectivity index (χ0n) is 13.6. The van der Waals surface area contributed by atoms with Crippen molar-refractivity contribution in [2.24, 2.45) is 0 Å². The third-order valence-electron chi connectivity index (χ3n) is 3.70. The highest BCUT2D eigenvalue weighted by Crippen LogP contribution is 2.21. The van der Waals surface area contributed by atoms with Gasteiger partial charge in [-0.2, -0.15) is 4.80 Å². The lowest BCUT2D eigenvalue weighted by Gasteiger charge is -1.98. The fraction of sp³-hybridized carbons (Fsp3) is 0.118. The van der Waals surface area contributed by atoms with E-state index in [9.17, 15) is 4.39 Å². The zero-order chi connectivity index (χ0) is 18.1. The SMILES string of the molecule is Cc1cc(-c2nnn(Cc3nnc(-c4ccc(Cl)cc4)o3)n2)ccc1F. The van der Waals surface area contributed by atoms with Crippen LogP contribution in [0.3, 0.4) is 0 Å². The molecule has 130 valence electrons. The molecule has 0 bridgehead atoms. The molecule has 0 N–H and O–H groups in total. The molecule has 0 aliphatic heterocycles. The lowest BCUT2D eigenvalue weighted by Crippen LogP contribution is -2.04. The monoisotopic (exact) mass is 370 g/mol. The van der Waals surface area contributed by atoms with Crippen molar-refractivity contribution in [1.82, 2.24) is 30.4 Å². The molecule has 2 aromatic carbocycles. The maximum absolute atomic E-state index is 13.4. The lowest BCUT2D eigenvalue weighted by molar-refractivity contribution is 0.446. The number of rotatable bonds is 4. The molecule has 0 fully saturated rings. The van der Waals surface area contributed by atoms with Crippen molar-refractivity contribution in [1.29, 1.82) is 0 Å². The second-order valence-corrected chi connectivity index (χ2v) is 6.05. The first kappa shape index (κ1) is 16.3. The fourth-order valence-corrected chi connectivity index (χ4v) is 2.48. The van der Waals surface area contributed by atoms with Gasteiger partial charge in [0.1, 0.15) is 12.4 Å². The molecule has 0 atom stereocenters. The molecular formula is C17H12ClFN6O. The van der Waals surface area contributed by atoms with E-state index < -0.39 is 0 Å². The average molecular weight is 371 g/mol. The van der Waals surface area contributed by atoms with Crippen molar-refractivity contribution in [3.63, 3.8) is 0 Å². The summed E-state index contributed by atoms with van der Waals surface area (Å²) in [5.41, 5.74) is 1.97. The largest absolute Gasteiger partial charge is 0.419 e. The van der Waals surface area contributed by atoms with Crippen LogP contribution in [-0.4, -0.2) is 30.4 Å². The van der Waals surface area contributed by atoms with Crippen LogP contribution in [0.2, 0.25) is 5.02 Å². The van der Waals surface area contributed by atoms with Gasteiger partial charge in [0.05, 0.1) is 0 Å². The molecule has 2 heterocycles. The Bertz CT molecular complexity index is 1060. The summed E-state index contributed by atoms with van der Waals surface area (Å²) in [5.74, 6) is 0.840. The van der Waals surface area contributed by atoms with Crippen LogP contribution < -0.4 is 0 Å². The fourth-order valence-electron chi connectivity index (χ4n) is 2.36. The summed E-state index contributed by atoms with van der Waals surface area (Å²) in [4.78, 5) is 1.34. The van der Waals surface area contributed by atoms with Gasteiger partial charge in [-0.3, -0.25) is 0 Å². The molecule has 0 unspecified atom stereocenters. The van der Waals surface area contributed by atoms with Gasteiger partial charge >= 0.3 is 0 Å². The van der Waals surface area contributed by atoms with Crippen LogP contribution in [0, 0.1) is 12.7 Å². The van der Waals surface area contributed by atoms with E-state index in [0.29, 0.717) is 33.8 Å². The first-order valence-electron chi connectivity index (χ1n) is 7.71. The molecule has 4 aromatic rings. The van der Waals surface area contributed by atoms with Crippen molar-refractivity contribution in [2.75, 3.05) is 0 Å². The van der Waals surface area contributed by atoms with Gasteiger partial charge in [0, 0.05) is 16.1 Å². The third-order valence-corrected chi connectivity index (χ3v) is 3.96. The van der Waals surface area contributed by atoms with E-state index in [1.54, 1.807) is 43.3 Å². The Labute approximate surface area is 152 Å². The van der Waals surface area contributed by atoms with E-state index >= 15 is 0 Å². The summed E-state index contributed by atoms with van der Waals surface area (Å²) >= 11 is 5.87. The van der Waals surface area contributed by atoms with Crippen molar-refractivity contribution in [3.05, 3.63) is 64.8 Å². The van der Waals surface area contributed by atoms with Crippen molar-refractivity contribution in [2.45, 2.75) is 13.5 Å². The van der Waals surface area contributed by atoms with E-state index in [1.165, 1.54) is 10.9 Å². The average Bonchev–Trinajstić information content (AvgIpc) is 3.28. The summed E-state index contributed by atoms with van der Waals surface area (Å²) in [6.07, 6.45) is 0. The first-order chi connectivity index (χ1) is 12.6. The topological polar surface area (TPSA) is 82.5 Å². The van der Waals surface area contributed by atoms with Crippen LogP contribution in [0.1, 0.15) is 11.5 Å². The number of aryl methyl sites for hydroxylation is 1. The number of nitrogens with zero attached hydrogens (tertiary/aromatic N) is 6. The molecule has 7 nitrogen and oxygen atoms in total. The van der Waals surface area contributed by atoms with Crippen LogP contribution >= 0.6 is 11.6 Å². The van der Waals surface area contributed by atoms with Gasteiger partial charge in [0.15, 0.2) is 0 Å². The van der Waals surface area contributed by atoms with E-state index in [-0.39, 0.29) is 12.4 Å². The smallest absolute Gasteiger partial charge is 0.247 e. The summed E-state index contributed by atoms with van der Waals surface area (Å²) in [7, 11) is 0. The van der Waals surface area contributed by atoms with Gasteiger partial charge in [-0.05, 0) is 60.2 Å². The number of benzene rings is 2. The maximum Gasteiger partial charge on any atom is 0.247 e. The molecule has 0 aliphatic carbocycles. The quantitative estimate of drug-likeness (QED) is 0.546. The van der Waals surface area contributed by atoms with Crippen LogP contribution in [0.15, 0.2) is 46.9 Å². The van der Waals surface area contributed by atoms with Gasteiger partial charge in [-0.25, -0.2) is 4.39 Å². The number of halogens is 2. The molecule has 4 rings (SSSR count). The Balaban J connectivity index is 1.52. The van der Waals surface area contributed by atoms with Crippen LogP contribution in [0.25, 0.3) is 22.8 Å². The third kappa shape index (κ3) is 3.31. The zero-order valence-corrected chi connectivity index (χ0v) is 14.4. The highest BCUT2D eigenvalue weighted by atomic mass is 35.5. The van der Waals surface area contributed by atoms with E-state index in [1.807, 2.05) is 0 Å². The van der Waals surface area contributed by atoms with Crippen LogP contribution in [0.5, 0.6) is 0 Å². The summed E-state index contributed by atoms with van der Waals surface area (Å²) in [6, 6.07) is 11.7. The maximum atomic E-state index is 13.4. The normalized spacial score (nSPS) is 11.0. The Morgan fingerprint density at radius 1 is 1.04 bits per heavy atom. The van der Waals surface area contributed by atoms with Crippen molar-refractivity contribution < 1.29 is 8.81 Å². The summed E-state index contributed by atoms with van der Waals surface area (Å²) < 4.78 is 19.0. The molecular weight excluding hydrogens is 359 g/mol. The molecule has 0 saturated carbocycles. The molecule has 26 heavy (non-hydrogen) atoms. The summed E-state index contributed by atoms with van der Waals surface area (Å²) in [5, 5.41) is 20.8. The predicted molar refractivity (Wildman–Crippen MR) is 91.8 cm³/mol. The first-order valence-corrected chi connectivity index (χ1v) is 8.09. The second-order valence-electron chi connectivity index (χ2n) is 5.62. The van der Waals surface area contributed by atoms with Crippen molar-refractivity contribution >= 4 is 11.6 Å². The highest BCUT2D eigenvalue weighted by molar-refractivity contribution is 6.30. The Morgan fingerprint density at radius 2 is 1.81 bits per heavy atom. The highest BCUT2D eigenvalue weighted by Gasteiger charge is 2.12.